The van der Waals surface area contributed by atoms with Crippen LogP contribution in [0.2, 0.25) is 0 Å². The van der Waals surface area contributed by atoms with Crippen LogP contribution in [0.3, 0.4) is 0 Å². The van der Waals surface area contributed by atoms with Gasteiger partial charge in [0.15, 0.2) is 5.43 Å². The maximum absolute atomic E-state index is 12.4. The van der Waals surface area contributed by atoms with Crippen LogP contribution in [-0.4, -0.2) is 40.1 Å². The highest BCUT2D eigenvalue weighted by molar-refractivity contribution is 5.94. The van der Waals surface area contributed by atoms with E-state index in [0.29, 0.717) is 6.54 Å². The molecule has 1 saturated heterocycles. The zero-order valence-electron chi connectivity index (χ0n) is 11.2. The monoisotopic (exact) mass is 264 g/mol. The fourth-order valence-electron chi connectivity index (χ4n) is 2.53. The van der Waals surface area contributed by atoms with Crippen LogP contribution < -0.4 is 5.43 Å². The minimum Gasteiger partial charge on any atom is -0.394 e. The number of pyridine rings is 1. The number of aliphatic hydroxyl groups is 1. The Morgan fingerprint density at radius 1 is 1.47 bits per heavy atom. The summed E-state index contributed by atoms with van der Waals surface area (Å²) in [5, 5.41) is 9.42. The number of aromatic amines is 1. The molecule has 1 aromatic heterocycles. The highest BCUT2D eigenvalue weighted by Crippen LogP contribution is 2.18. The van der Waals surface area contributed by atoms with Crippen LogP contribution in [0.15, 0.2) is 17.1 Å². The third-order valence-electron chi connectivity index (χ3n) is 3.64. The van der Waals surface area contributed by atoms with Crippen molar-refractivity contribution < 1.29 is 9.90 Å². The molecule has 19 heavy (non-hydrogen) atoms. The molecule has 0 spiro atoms. The lowest BCUT2D eigenvalue weighted by atomic mass is 10.1. The van der Waals surface area contributed by atoms with Gasteiger partial charge in [-0.2, -0.15) is 0 Å². The number of carbonyl (C=O) groups is 1. The number of hydrogen-bond donors (Lipinski definition) is 2. The molecule has 2 rings (SSSR count). The molecule has 0 saturated carbocycles. The normalized spacial score (nSPS) is 20.1. The molecule has 0 radical (unpaired) electrons. The van der Waals surface area contributed by atoms with E-state index in [1.165, 1.54) is 12.3 Å². The highest BCUT2D eigenvalue weighted by Gasteiger charge is 2.27. The van der Waals surface area contributed by atoms with Gasteiger partial charge in [0.05, 0.1) is 12.6 Å². The quantitative estimate of drug-likeness (QED) is 0.839. The molecule has 1 amide bonds. The summed E-state index contributed by atoms with van der Waals surface area (Å²) < 4.78 is 0. The first-order chi connectivity index (χ1) is 9.13. The zero-order chi connectivity index (χ0) is 13.8. The SMILES string of the molecule is Cc1cc(=O)c(C(=O)N2CCCCCC2CO)c[nH]1. The van der Waals surface area contributed by atoms with E-state index in [-0.39, 0.29) is 29.5 Å². The Balaban J connectivity index is 2.28. The summed E-state index contributed by atoms with van der Waals surface area (Å²) in [6, 6.07) is 1.26. The molecule has 0 bridgehead atoms. The Labute approximate surface area is 112 Å². The molecule has 1 aromatic rings. The summed E-state index contributed by atoms with van der Waals surface area (Å²) in [6.45, 7) is 2.34. The zero-order valence-corrected chi connectivity index (χ0v) is 11.2. The summed E-state index contributed by atoms with van der Waals surface area (Å²) in [5.41, 5.74) is 0.629. The van der Waals surface area contributed by atoms with E-state index in [4.69, 9.17) is 0 Å². The fourth-order valence-corrected chi connectivity index (χ4v) is 2.53. The topological polar surface area (TPSA) is 73.4 Å². The molecule has 5 nitrogen and oxygen atoms in total. The summed E-state index contributed by atoms with van der Waals surface area (Å²) in [5.74, 6) is -0.276. The number of nitrogens with one attached hydrogen (secondary N) is 1. The van der Waals surface area contributed by atoms with E-state index in [0.717, 1.165) is 31.4 Å². The van der Waals surface area contributed by atoms with E-state index in [1.807, 2.05) is 0 Å². The number of aryl methyl sites for hydroxylation is 1. The van der Waals surface area contributed by atoms with Crippen LogP contribution in [0.1, 0.15) is 41.7 Å². The number of aliphatic hydroxyl groups excluding tert-OH is 1. The fraction of sp³-hybridized carbons (Fsp3) is 0.571. The van der Waals surface area contributed by atoms with Crippen LogP contribution in [0.25, 0.3) is 0 Å². The number of amides is 1. The van der Waals surface area contributed by atoms with Crippen molar-refractivity contribution in [2.45, 2.75) is 38.6 Å². The van der Waals surface area contributed by atoms with E-state index in [9.17, 15) is 14.7 Å². The van der Waals surface area contributed by atoms with Crippen molar-refractivity contribution >= 4 is 5.91 Å². The van der Waals surface area contributed by atoms with Crippen LogP contribution in [-0.2, 0) is 0 Å². The second kappa shape index (κ2) is 6.02. The molecule has 0 aliphatic carbocycles. The number of hydrogen-bond acceptors (Lipinski definition) is 3. The predicted octanol–water partition coefficient (Wildman–Crippen LogP) is 1.06. The van der Waals surface area contributed by atoms with Crippen LogP contribution >= 0.6 is 0 Å². The van der Waals surface area contributed by atoms with E-state index in [2.05, 4.69) is 4.98 Å². The Morgan fingerprint density at radius 3 is 2.95 bits per heavy atom. The largest absolute Gasteiger partial charge is 0.394 e. The lowest BCUT2D eigenvalue weighted by molar-refractivity contribution is 0.0598. The number of nitrogens with zero attached hydrogens (tertiary/aromatic N) is 1. The minimum absolute atomic E-state index is 0.0461. The summed E-state index contributed by atoms with van der Waals surface area (Å²) >= 11 is 0. The lowest BCUT2D eigenvalue weighted by Gasteiger charge is -2.28. The van der Waals surface area contributed by atoms with Gasteiger partial charge in [0.1, 0.15) is 5.56 Å². The minimum atomic E-state index is -0.276. The summed E-state index contributed by atoms with van der Waals surface area (Å²) in [6.07, 6.45) is 5.27. The van der Waals surface area contributed by atoms with Gasteiger partial charge >= 0.3 is 0 Å². The Morgan fingerprint density at radius 2 is 2.26 bits per heavy atom. The molecule has 1 aliphatic rings. The van der Waals surface area contributed by atoms with Gasteiger partial charge in [0.25, 0.3) is 5.91 Å². The third-order valence-corrected chi connectivity index (χ3v) is 3.64. The van der Waals surface area contributed by atoms with Gasteiger partial charge in [-0.1, -0.05) is 12.8 Å². The number of likely N-dealkylation sites (tertiary alicyclic amines) is 1. The smallest absolute Gasteiger partial charge is 0.259 e. The van der Waals surface area contributed by atoms with Crippen LogP contribution in [0.5, 0.6) is 0 Å². The Kier molecular flexibility index (Phi) is 4.37. The third kappa shape index (κ3) is 3.04. The first-order valence-electron chi connectivity index (χ1n) is 6.74. The number of aromatic nitrogens is 1. The molecule has 1 aliphatic heterocycles. The molecule has 2 N–H and O–H groups in total. The summed E-state index contributed by atoms with van der Waals surface area (Å²) in [4.78, 5) is 28.9. The van der Waals surface area contributed by atoms with Crippen molar-refractivity contribution in [2.75, 3.05) is 13.2 Å². The molecular formula is C14H20N2O3. The van der Waals surface area contributed by atoms with Crippen molar-refractivity contribution in [2.24, 2.45) is 0 Å². The summed E-state index contributed by atoms with van der Waals surface area (Å²) in [7, 11) is 0. The molecule has 2 heterocycles. The van der Waals surface area contributed by atoms with Gasteiger partial charge in [-0.3, -0.25) is 9.59 Å². The molecule has 1 unspecified atom stereocenters. The van der Waals surface area contributed by atoms with Crippen molar-refractivity contribution in [3.05, 3.63) is 33.7 Å². The molecule has 1 fully saturated rings. The van der Waals surface area contributed by atoms with Gasteiger partial charge in [-0.05, 0) is 19.8 Å². The average molecular weight is 264 g/mol. The lowest BCUT2D eigenvalue weighted by Crippen LogP contribution is -2.43. The average Bonchev–Trinajstić information content (AvgIpc) is 2.63. The van der Waals surface area contributed by atoms with Crippen molar-refractivity contribution in [3.8, 4) is 0 Å². The first-order valence-corrected chi connectivity index (χ1v) is 6.74. The Hall–Kier alpha value is -1.62. The number of carbonyl (C=O) groups excluding carboxylic acids is 1. The van der Waals surface area contributed by atoms with Gasteiger partial charge in [0.2, 0.25) is 0 Å². The molecule has 0 aromatic carbocycles. The van der Waals surface area contributed by atoms with Crippen LogP contribution in [0.4, 0.5) is 0 Å². The second-order valence-corrected chi connectivity index (χ2v) is 5.08. The number of H-pyrrole nitrogens is 1. The first kappa shape index (κ1) is 13.8. The van der Waals surface area contributed by atoms with Gasteiger partial charge < -0.3 is 15.0 Å². The number of rotatable bonds is 2. The Bertz CT molecular complexity index is 510. The molecular weight excluding hydrogens is 244 g/mol. The standard InChI is InChI=1S/C14H20N2O3/c1-10-7-13(18)12(8-15-10)14(19)16-6-4-2-3-5-11(16)9-17/h7-8,11,17H,2-6,9H2,1H3,(H,15,18). The highest BCUT2D eigenvalue weighted by atomic mass is 16.3. The van der Waals surface area contributed by atoms with Crippen molar-refractivity contribution in [3.63, 3.8) is 0 Å². The van der Waals surface area contributed by atoms with Gasteiger partial charge in [-0.25, -0.2) is 0 Å². The van der Waals surface area contributed by atoms with Gasteiger partial charge in [0, 0.05) is 24.5 Å². The van der Waals surface area contributed by atoms with Crippen LogP contribution in [0, 0.1) is 6.92 Å². The molecule has 1 atom stereocenters. The van der Waals surface area contributed by atoms with Crippen molar-refractivity contribution in [1.82, 2.24) is 9.88 Å². The van der Waals surface area contributed by atoms with E-state index < -0.39 is 0 Å². The maximum Gasteiger partial charge on any atom is 0.259 e. The molecule has 5 heteroatoms. The van der Waals surface area contributed by atoms with E-state index in [1.54, 1.807) is 11.8 Å². The molecule has 104 valence electrons. The second-order valence-electron chi connectivity index (χ2n) is 5.08. The van der Waals surface area contributed by atoms with Crippen molar-refractivity contribution in [1.29, 1.82) is 0 Å². The van der Waals surface area contributed by atoms with E-state index >= 15 is 0 Å². The van der Waals surface area contributed by atoms with Gasteiger partial charge in [-0.15, -0.1) is 0 Å². The predicted molar refractivity (Wildman–Crippen MR) is 72.2 cm³/mol. The maximum atomic E-state index is 12.4.